The van der Waals surface area contributed by atoms with Gasteiger partial charge in [0.1, 0.15) is 16.9 Å². The maximum atomic E-state index is 12.7. The Hall–Kier alpha value is -2.79. The van der Waals surface area contributed by atoms with Crippen molar-refractivity contribution in [3.63, 3.8) is 0 Å². The third-order valence-electron chi connectivity index (χ3n) is 6.71. The van der Waals surface area contributed by atoms with E-state index in [0.717, 1.165) is 32.0 Å². The quantitative estimate of drug-likeness (QED) is 0.726. The van der Waals surface area contributed by atoms with Crippen LogP contribution in [0.15, 0.2) is 45.1 Å². The summed E-state index contributed by atoms with van der Waals surface area (Å²) in [6.45, 7) is 3.57. The van der Waals surface area contributed by atoms with E-state index < -0.39 is 11.9 Å². The molecule has 2 aromatic heterocycles. The Morgan fingerprint density at radius 1 is 1.12 bits per heavy atom. The summed E-state index contributed by atoms with van der Waals surface area (Å²) in [5, 5.41) is 3.47. The molecule has 2 aromatic rings. The molecule has 1 N–H and O–H groups in total. The first-order valence-corrected chi connectivity index (χ1v) is 11.2. The Morgan fingerprint density at radius 3 is 2.61 bits per heavy atom. The van der Waals surface area contributed by atoms with Crippen molar-refractivity contribution in [2.45, 2.75) is 37.6 Å². The molecule has 0 bridgehead atoms. The maximum absolute atomic E-state index is 12.7. The fourth-order valence-electron chi connectivity index (χ4n) is 4.97. The van der Waals surface area contributed by atoms with Crippen molar-refractivity contribution in [2.24, 2.45) is 10.9 Å². The molecule has 3 aliphatic heterocycles. The van der Waals surface area contributed by atoms with E-state index in [1.165, 1.54) is 12.3 Å². The van der Waals surface area contributed by atoms with Crippen LogP contribution in [0.25, 0.3) is 11.2 Å². The zero-order chi connectivity index (χ0) is 23.2. The first kappa shape index (κ1) is 22.0. The van der Waals surface area contributed by atoms with Gasteiger partial charge in [-0.3, -0.25) is 23.7 Å². The van der Waals surface area contributed by atoms with Crippen LogP contribution in [-0.2, 0) is 6.54 Å². The van der Waals surface area contributed by atoms with Crippen LogP contribution >= 0.6 is 0 Å². The van der Waals surface area contributed by atoms with Crippen molar-refractivity contribution < 1.29 is 13.2 Å². The molecule has 0 radical (unpaired) electrons. The predicted octanol–water partition coefficient (Wildman–Crippen LogP) is 1.36. The lowest BCUT2D eigenvalue weighted by atomic mass is 10.0. The second kappa shape index (κ2) is 8.53. The fraction of sp³-hybridized carbons (Fsp3) is 0.545. The zero-order valence-electron chi connectivity index (χ0n) is 18.0. The second-order valence-electron chi connectivity index (χ2n) is 8.94. The molecule has 1 unspecified atom stereocenters. The van der Waals surface area contributed by atoms with Crippen LogP contribution in [0.4, 0.5) is 13.2 Å². The first-order valence-electron chi connectivity index (χ1n) is 11.2. The van der Waals surface area contributed by atoms with Crippen LogP contribution in [0.3, 0.4) is 0 Å². The van der Waals surface area contributed by atoms with Gasteiger partial charge >= 0.3 is 6.18 Å². The fourth-order valence-corrected chi connectivity index (χ4v) is 4.97. The number of halogens is 3. The number of hydrogen-bond donors (Lipinski definition) is 1. The van der Waals surface area contributed by atoms with Crippen molar-refractivity contribution in [3.05, 3.63) is 51.2 Å². The van der Waals surface area contributed by atoms with Crippen molar-refractivity contribution in [2.75, 3.05) is 32.7 Å². The van der Waals surface area contributed by atoms with Gasteiger partial charge in [0.25, 0.3) is 11.1 Å². The summed E-state index contributed by atoms with van der Waals surface area (Å²) in [5.74, 6) is -0.0367. The molecule has 0 spiro atoms. The van der Waals surface area contributed by atoms with Gasteiger partial charge in [-0.25, -0.2) is 4.98 Å². The number of nitrogens with zero attached hydrogens (tertiary/aromatic N) is 5. The molecule has 1 fully saturated rings. The maximum Gasteiger partial charge on any atom is 0.432 e. The number of piperidine rings is 1. The minimum absolute atomic E-state index is 0.0367. The van der Waals surface area contributed by atoms with E-state index in [9.17, 15) is 22.8 Å². The molecular weight excluding hydrogens is 437 g/mol. The molecule has 0 aromatic carbocycles. The molecule has 33 heavy (non-hydrogen) atoms. The van der Waals surface area contributed by atoms with E-state index in [1.807, 2.05) is 0 Å². The van der Waals surface area contributed by atoms with E-state index in [1.54, 1.807) is 21.3 Å². The summed E-state index contributed by atoms with van der Waals surface area (Å²) in [7, 11) is 0. The summed E-state index contributed by atoms with van der Waals surface area (Å²) in [6.07, 6.45) is 1.39. The van der Waals surface area contributed by atoms with E-state index in [2.05, 4.69) is 20.2 Å². The van der Waals surface area contributed by atoms with Gasteiger partial charge < -0.3 is 10.2 Å². The normalized spacial score (nSPS) is 23.9. The molecule has 176 valence electrons. The third kappa shape index (κ3) is 4.39. The number of likely N-dealkylation sites (tertiary alicyclic amines) is 1. The molecule has 0 aliphatic carbocycles. The highest BCUT2D eigenvalue weighted by atomic mass is 19.4. The van der Waals surface area contributed by atoms with Crippen molar-refractivity contribution >= 4 is 16.9 Å². The van der Waals surface area contributed by atoms with Crippen molar-refractivity contribution in [1.29, 1.82) is 0 Å². The topological polar surface area (TPSA) is 84.5 Å². The molecule has 11 heteroatoms. The number of dihydropyridines is 1. The lowest BCUT2D eigenvalue weighted by molar-refractivity contribution is -0.0580. The van der Waals surface area contributed by atoms with Crippen LogP contribution in [-0.4, -0.2) is 69.7 Å². The molecular formula is C22H25F3N6O2. The van der Waals surface area contributed by atoms with Gasteiger partial charge in [-0.2, -0.15) is 13.2 Å². The van der Waals surface area contributed by atoms with Gasteiger partial charge in [0.2, 0.25) is 0 Å². The molecule has 2 atom stereocenters. The predicted molar refractivity (Wildman–Crippen MR) is 118 cm³/mol. The second-order valence-corrected chi connectivity index (χ2v) is 8.94. The lowest BCUT2D eigenvalue weighted by Crippen LogP contribution is -2.46. The molecule has 1 saturated heterocycles. The number of pyridine rings is 1. The number of alkyl halides is 3. The minimum Gasteiger partial charge on any atom is -0.313 e. The average Bonchev–Trinajstić information content (AvgIpc) is 3.18. The highest BCUT2D eigenvalue weighted by Gasteiger charge is 2.35. The smallest absolute Gasteiger partial charge is 0.313 e. The molecule has 5 rings (SSSR count). The first-order chi connectivity index (χ1) is 15.8. The Kier molecular flexibility index (Phi) is 5.69. The minimum atomic E-state index is -4.39. The van der Waals surface area contributed by atoms with Gasteiger partial charge in [0, 0.05) is 44.2 Å². The van der Waals surface area contributed by atoms with E-state index in [4.69, 9.17) is 0 Å². The number of rotatable bonds is 5. The lowest BCUT2D eigenvalue weighted by Gasteiger charge is -2.34. The number of nitrogens with one attached hydrogen (secondary N) is 1. The van der Waals surface area contributed by atoms with Crippen LogP contribution in [0.2, 0.25) is 0 Å². The summed E-state index contributed by atoms with van der Waals surface area (Å²) in [4.78, 5) is 34.9. The Balaban J connectivity index is 1.14. The van der Waals surface area contributed by atoms with Crippen molar-refractivity contribution in [3.8, 4) is 0 Å². The van der Waals surface area contributed by atoms with Gasteiger partial charge in [-0.1, -0.05) is 6.08 Å². The van der Waals surface area contributed by atoms with Crippen LogP contribution in [0, 0.1) is 5.92 Å². The van der Waals surface area contributed by atoms with Gasteiger partial charge in [0.05, 0.1) is 12.2 Å². The molecule has 0 amide bonds. The molecule has 5 heterocycles. The van der Waals surface area contributed by atoms with E-state index in [0.29, 0.717) is 36.8 Å². The van der Waals surface area contributed by atoms with Crippen LogP contribution in [0.5, 0.6) is 0 Å². The molecule has 8 nitrogen and oxygen atoms in total. The van der Waals surface area contributed by atoms with E-state index in [-0.39, 0.29) is 29.6 Å². The third-order valence-corrected chi connectivity index (χ3v) is 6.71. The zero-order valence-corrected chi connectivity index (χ0v) is 18.0. The van der Waals surface area contributed by atoms with Crippen molar-refractivity contribution in [1.82, 2.24) is 24.3 Å². The summed E-state index contributed by atoms with van der Waals surface area (Å²) >= 11 is 0. The number of aliphatic imine (C=N–C) groups is 1. The van der Waals surface area contributed by atoms with Crippen LogP contribution in [0.1, 0.15) is 18.9 Å². The summed E-state index contributed by atoms with van der Waals surface area (Å²) in [6, 6.07) is 3.33. The number of aromatic nitrogens is 3. The highest BCUT2D eigenvalue weighted by molar-refractivity contribution is 5.99. The highest BCUT2D eigenvalue weighted by Crippen LogP contribution is 2.25. The van der Waals surface area contributed by atoms with Gasteiger partial charge in [-0.15, -0.1) is 0 Å². The summed E-state index contributed by atoms with van der Waals surface area (Å²) in [5.41, 5.74) is 0.0979. The number of hydrogen-bond acceptors (Lipinski definition) is 6. The van der Waals surface area contributed by atoms with Gasteiger partial charge in [-0.05, 0) is 38.1 Å². The van der Waals surface area contributed by atoms with Gasteiger partial charge in [0.15, 0.2) is 0 Å². The largest absolute Gasteiger partial charge is 0.432 e. The Morgan fingerprint density at radius 2 is 1.91 bits per heavy atom. The number of allylic oxidation sites excluding steroid dienone is 1. The molecule has 0 saturated carbocycles. The Labute approximate surface area is 187 Å². The standard InChI is InChI=1S/C22H25F3N6O2/c23-22(24,25)18-3-1-14(10-28-18)9-26-15-5-7-29(8-6-15)12-16-13-30-20(33)11-27-17-2-4-19(32)31(16)21(17)30/h1-4,11,14-16,26H,5-10,12-13H2/t14?,16-/m1/s1. The van der Waals surface area contributed by atoms with Crippen LogP contribution < -0.4 is 16.4 Å². The average molecular weight is 462 g/mol. The molecule has 3 aliphatic rings. The van der Waals surface area contributed by atoms with E-state index >= 15 is 0 Å². The monoisotopic (exact) mass is 462 g/mol. The summed E-state index contributed by atoms with van der Waals surface area (Å²) < 4.78 is 41.3. The Bertz CT molecular complexity index is 1220. The SMILES string of the molecule is O=c1cnc2ccc(=O)n3c2n1C[C@H]3CN1CCC(NCC2C=CC(C(F)(F)F)=NC2)CC1.